The first kappa shape index (κ1) is 17.9. The number of benzene rings is 1. The van der Waals surface area contributed by atoms with E-state index in [1.807, 2.05) is 24.0 Å². The monoisotopic (exact) mass is 360 g/mol. The summed E-state index contributed by atoms with van der Waals surface area (Å²) in [6.45, 7) is 8.83. The SMILES string of the molecule is CCn1c(SCC(=O)N2CCOC(C)C2)nnc1-c1cccc(C)c1. The fraction of sp³-hybridized carbons (Fsp3) is 0.500. The Morgan fingerprint density at radius 1 is 1.40 bits per heavy atom. The number of ether oxygens (including phenoxy) is 1. The van der Waals surface area contributed by atoms with Gasteiger partial charge >= 0.3 is 0 Å². The number of hydrogen-bond acceptors (Lipinski definition) is 5. The first-order valence-corrected chi connectivity index (χ1v) is 9.59. The molecule has 0 N–H and O–H groups in total. The number of rotatable bonds is 5. The number of morpholine rings is 1. The van der Waals surface area contributed by atoms with E-state index in [2.05, 4.69) is 40.7 Å². The minimum atomic E-state index is 0.106. The third kappa shape index (κ3) is 4.22. The molecule has 1 aromatic carbocycles. The summed E-state index contributed by atoms with van der Waals surface area (Å²) < 4.78 is 7.56. The zero-order valence-corrected chi connectivity index (χ0v) is 15.8. The van der Waals surface area contributed by atoms with Crippen LogP contribution in [0.4, 0.5) is 0 Å². The number of carbonyl (C=O) groups is 1. The van der Waals surface area contributed by atoms with Crippen molar-refractivity contribution in [1.29, 1.82) is 0 Å². The van der Waals surface area contributed by atoms with Crippen LogP contribution in [0, 0.1) is 6.92 Å². The Balaban J connectivity index is 1.70. The van der Waals surface area contributed by atoms with Crippen molar-refractivity contribution in [1.82, 2.24) is 19.7 Å². The molecule has 1 amide bonds. The van der Waals surface area contributed by atoms with Gasteiger partial charge in [0.25, 0.3) is 0 Å². The summed E-state index contributed by atoms with van der Waals surface area (Å²) in [6.07, 6.45) is 0.106. The highest BCUT2D eigenvalue weighted by Gasteiger charge is 2.22. The predicted octanol–water partition coefficient (Wildman–Crippen LogP) is 2.61. The van der Waals surface area contributed by atoms with Crippen LogP contribution in [-0.2, 0) is 16.1 Å². The van der Waals surface area contributed by atoms with Gasteiger partial charge in [0.15, 0.2) is 11.0 Å². The maximum Gasteiger partial charge on any atom is 0.233 e. The molecular formula is C18H24N4O2S. The first-order valence-electron chi connectivity index (χ1n) is 8.61. The number of aryl methyl sites for hydroxylation is 1. The molecule has 1 unspecified atom stereocenters. The van der Waals surface area contributed by atoms with Crippen LogP contribution in [0.2, 0.25) is 0 Å². The second-order valence-electron chi connectivity index (χ2n) is 6.23. The Labute approximate surface area is 152 Å². The third-order valence-corrected chi connectivity index (χ3v) is 5.18. The molecule has 25 heavy (non-hydrogen) atoms. The molecule has 6 nitrogen and oxygen atoms in total. The summed E-state index contributed by atoms with van der Waals surface area (Å²) in [5, 5.41) is 9.44. The van der Waals surface area contributed by atoms with Crippen molar-refractivity contribution in [3.63, 3.8) is 0 Å². The molecule has 0 aliphatic carbocycles. The van der Waals surface area contributed by atoms with Gasteiger partial charge in [0.05, 0.1) is 18.5 Å². The van der Waals surface area contributed by atoms with Gasteiger partial charge < -0.3 is 14.2 Å². The Morgan fingerprint density at radius 3 is 2.96 bits per heavy atom. The molecule has 0 radical (unpaired) electrons. The van der Waals surface area contributed by atoms with E-state index in [0.717, 1.165) is 23.1 Å². The number of nitrogens with zero attached hydrogens (tertiary/aromatic N) is 4. The number of aromatic nitrogens is 3. The summed E-state index contributed by atoms with van der Waals surface area (Å²) >= 11 is 1.45. The van der Waals surface area contributed by atoms with Crippen LogP contribution in [0.25, 0.3) is 11.4 Å². The van der Waals surface area contributed by atoms with Crippen LogP contribution in [0.1, 0.15) is 19.4 Å². The lowest BCUT2D eigenvalue weighted by Crippen LogP contribution is -2.45. The molecule has 1 atom stereocenters. The zero-order chi connectivity index (χ0) is 17.8. The van der Waals surface area contributed by atoms with Crippen molar-refractivity contribution < 1.29 is 9.53 Å². The van der Waals surface area contributed by atoms with Crippen molar-refractivity contribution in [2.45, 2.75) is 38.6 Å². The molecule has 0 spiro atoms. The molecule has 0 bridgehead atoms. The largest absolute Gasteiger partial charge is 0.375 e. The normalized spacial score (nSPS) is 17.7. The highest BCUT2D eigenvalue weighted by molar-refractivity contribution is 7.99. The Hall–Kier alpha value is -1.86. The quantitative estimate of drug-likeness (QED) is 0.767. The third-order valence-electron chi connectivity index (χ3n) is 4.23. The lowest BCUT2D eigenvalue weighted by atomic mass is 10.1. The molecule has 1 aliphatic heterocycles. The first-order chi connectivity index (χ1) is 12.1. The second kappa shape index (κ2) is 8.01. The lowest BCUT2D eigenvalue weighted by molar-refractivity contribution is -0.135. The maximum atomic E-state index is 12.4. The van der Waals surface area contributed by atoms with Crippen LogP contribution < -0.4 is 0 Å². The van der Waals surface area contributed by atoms with Gasteiger partial charge in [0, 0.05) is 25.2 Å². The van der Waals surface area contributed by atoms with Crippen molar-refractivity contribution in [3.05, 3.63) is 29.8 Å². The summed E-state index contributed by atoms with van der Waals surface area (Å²) in [5.41, 5.74) is 2.24. The van der Waals surface area contributed by atoms with E-state index in [-0.39, 0.29) is 12.0 Å². The predicted molar refractivity (Wildman–Crippen MR) is 98.6 cm³/mol. The van der Waals surface area contributed by atoms with Gasteiger partial charge in [-0.1, -0.05) is 35.5 Å². The Morgan fingerprint density at radius 2 is 2.24 bits per heavy atom. The molecule has 134 valence electrons. The van der Waals surface area contributed by atoms with Crippen molar-refractivity contribution in [2.75, 3.05) is 25.4 Å². The fourth-order valence-electron chi connectivity index (χ4n) is 2.94. The number of hydrogen-bond donors (Lipinski definition) is 0. The smallest absolute Gasteiger partial charge is 0.233 e. The molecular weight excluding hydrogens is 336 g/mol. The standard InChI is InChI=1S/C18H24N4O2S/c1-4-22-17(15-7-5-6-13(2)10-15)19-20-18(22)25-12-16(23)21-8-9-24-14(3)11-21/h5-7,10,14H,4,8-9,11-12H2,1-3H3. The Bertz CT molecular complexity index is 746. The lowest BCUT2D eigenvalue weighted by Gasteiger charge is -2.31. The van der Waals surface area contributed by atoms with Crippen LogP contribution >= 0.6 is 11.8 Å². The zero-order valence-electron chi connectivity index (χ0n) is 14.9. The number of carbonyl (C=O) groups excluding carboxylic acids is 1. The van der Waals surface area contributed by atoms with Crippen molar-refractivity contribution in [3.8, 4) is 11.4 Å². The highest BCUT2D eigenvalue weighted by atomic mass is 32.2. The molecule has 2 heterocycles. The van der Waals surface area contributed by atoms with E-state index in [4.69, 9.17) is 4.74 Å². The minimum absolute atomic E-state index is 0.106. The van der Waals surface area contributed by atoms with Crippen LogP contribution in [0.3, 0.4) is 0 Å². The van der Waals surface area contributed by atoms with Crippen molar-refractivity contribution >= 4 is 17.7 Å². The molecule has 1 aliphatic rings. The molecule has 1 saturated heterocycles. The molecule has 3 rings (SSSR count). The molecule has 7 heteroatoms. The van der Waals surface area contributed by atoms with E-state index < -0.39 is 0 Å². The van der Waals surface area contributed by atoms with Crippen molar-refractivity contribution in [2.24, 2.45) is 0 Å². The van der Waals surface area contributed by atoms with Gasteiger partial charge in [-0.15, -0.1) is 10.2 Å². The van der Waals surface area contributed by atoms with E-state index in [1.165, 1.54) is 17.3 Å². The number of thioether (sulfide) groups is 1. The van der Waals surface area contributed by atoms with E-state index >= 15 is 0 Å². The van der Waals surface area contributed by atoms with Crippen LogP contribution in [0.15, 0.2) is 29.4 Å². The molecule has 1 aromatic heterocycles. The maximum absolute atomic E-state index is 12.4. The molecule has 0 saturated carbocycles. The second-order valence-corrected chi connectivity index (χ2v) is 7.17. The van der Waals surface area contributed by atoms with E-state index in [9.17, 15) is 4.79 Å². The highest BCUT2D eigenvalue weighted by Crippen LogP contribution is 2.25. The van der Waals surface area contributed by atoms with Gasteiger partial charge in [-0.25, -0.2) is 0 Å². The van der Waals surface area contributed by atoms with Gasteiger partial charge in [-0.2, -0.15) is 0 Å². The van der Waals surface area contributed by atoms with Gasteiger partial charge in [0.2, 0.25) is 5.91 Å². The summed E-state index contributed by atoms with van der Waals surface area (Å²) in [6, 6.07) is 8.23. The van der Waals surface area contributed by atoms with E-state index in [0.29, 0.717) is 25.4 Å². The van der Waals surface area contributed by atoms with Crippen LogP contribution in [-0.4, -0.2) is 57.1 Å². The number of amides is 1. The summed E-state index contributed by atoms with van der Waals surface area (Å²) in [7, 11) is 0. The summed E-state index contributed by atoms with van der Waals surface area (Å²) in [5.74, 6) is 1.35. The average molecular weight is 360 g/mol. The molecule has 1 fully saturated rings. The van der Waals surface area contributed by atoms with Gasteiger partial charge in [-0.05, 0) is 26.8 Å². The van der Waals surface area contributed by atoms with Gasteiger partial charge in [-0.3, -0.25) is 4.79 Å². The van der Waals surface area contributed by atoms with Crippen LogP contribution in [0.5, 0.6) is 0 Å². The Kier molecular flexibility index (Phi) is 5.75. The average Bonchev–Trinajstić information content (AvgIpc) is 3.02. The molecule has 2 aromatic rings. The summed E-state index contributed by atoms with van der Waals surface area (Å²) in [4.78, 5) is 14.3. The van der Waals surface area contributed by atoms with Gasteiger partial charge in [0.1, 0.15) is 0 Å². The topological polar surface area (TPSA) is 60.2 Å². The van der Waals surface area contributed by atoms with E-state index in [1.54, 1.807) is 0 Å². The minimum Gasteiger partial charge on any atom is -0.375 e. The fourth-order valence-corrected chi connectivity index (χ4v) is 3.85.